The van der Waals surface area contributed by atoms with Gasteiger partial charge in [-0.2, -0.15) is 0 Å². The summed E-state index contributed by atoms with van der Waals surface area (Å²) in [5.41, 5.74) is 1.07. The average molecular weight is 364 g/mol. The molecule has 1 fully saturated rings. The number of likely N-dealkylation sites (tertiary alicyclic amines) is 1. The number of carbonyl (C=O) groups is 2. The van der Waals surface area contributed by atoms with Gasteiger partial charge in [0.2, 0.25) is 5.91 Å². The van der Waals surface area contributed by atoms with Gasteiger partial charge in [-0.05, 0) is 42.9 Å². The fourth-order valence-corrected chi connectivity index (χ4v) is 2.97. The summed E-state index contributed by atoms with van der Waals surface area (Å²) >= 11 is 6.19. The first kappa shape index (κ1) is 19.5. The van der Waals surface area contributed by atoms with Crippen molar-refractivity contribution in [1.29, 1.82) is 0 Å². The van der Waals surface area contributed by atoms with Crippen LogP contribution in [-0.2, 0) is 14.3 Å². The van der Waals surface area contributed by atoms with Crippen LogP contribution in [0.1, 0.15) is 45.1 Å². The molecule has 2 rings (SSSR count). The van der Waals surface area contributed by atoms with Gasteiger partial charge in [0.05, 0.1) is 13.0 Å². The topological polar surface area (TPSA) is 46.6 Å². The van der Waals surface area contributed by atoms with E-state index in [1.165, 1.54) is 0 Å². The molecule has 0 aromatic heterocycles. The summed E-state index contributed by atoms with van der Waals surface area (Å²) in [7, 11) is 0. The zero-order valence-electron chi connectivity index (χ0n) is 15.0. The largest absolute Gasteiger partial charge is 0.462 e. The fraction of sp³-hybridized carbons (Fsp3) is 0.500. The van der Waals surface area contributed by atoms with Crippen molar-refractivity contribution in [1.82, 2.24) is 4.90 Å². The van der Waals surface area contributed by atoms with Gasteiger partial charge in [0, 0.05) is 23.7 Å². The Morgan fingerprint density at radius 2 is 1.96 bits per heavy atom. The first-order valence-corrected chi connectivity index (χ1v) is 9.29. The molecular formula is C20H26ClNO3. The van der Waals surface area contributed by atoms with Crippen molar-refractivity contribution in [3.05, 3.63) is 40.4 Å². The molecule has 0 saturated carbocycles. The van der Waals surface area contributed by atoms with Gasteiger partial charge >= 0.3 is 5.97 Å². The molecule has 5 heteroatoms. The number of hydrogen-bond donors (Lipinski definition) is 0. The number of halogens is 1. The van der Waals surface area contributed by atoms with Gasteiger partial charge in [-0.1, -0.05) is 43.6 Å². The lowest BCUT2D eigenvalue weighted by Gasteiger charge is -2.30. The predicted octanol–water partition coefficient (Wildman–Crippen LogP) is 4.33. The summed E-state index contributed by atoms with van der Waals surface area (Å²) in [6, 6.07) is 7.26. The zero-order chi connectivity index (χ0) is 18.2. The standard InChI is InChI=1S/C20H26ClNO3/c1-3-12-25-20(24)17(13-16-6-4-5-7-18(16)21)14-19(23)22-10-8-15(2)9-11-22/h4-7,13,15H,3,8-12,14H2,1-2H3/b17-13+. The van der Waals surface area contributed by atoms with Crippen molar-refractivity contribution in [3.8, 4) is 0 Å². The molecule has 1 heterocycles. The number of benzene rings is 1. The van der Waals surface area contributed by atoms with Crippen LogP contribution in [0.3, 0.4) is 0 Å². The van der Waals surface area contributed by atoms with E-state index < -0.39 is 5.97 Å². The molecule has 0 bridgehead atoms. The number of piperidine rings is 1. The van der Waals surface area contributed by atoms with E-state index in [4.69, 9.17) is 16.3 Å². The first-order valence-electron chi connectivity index (χ1n) is 8.91. The smallest absolute Gasteiger partial charge is 0.334 e. The molecule has 0 aliphatic carbocycles. The van der Waals surface area contributed by atoms with Gasteiger partial charge in [-0.15, -0.1) is 0 Å². The van der Waals surface area contributed by atoms with E-state index in [0.29, 0.717) is 28.7 Å². The average Bonchev–Trinajstić information content (AvgIpc) is 2.61. The molecule has 1 aromatic carbocycles. The number of nitrogens with zero attached hydrogens (tertiary/aromatic N) is 1. The summed E-state index contributed by atoms with van der Waals surface area (Å²) in [5, 5.41) is 0.544. The lowest BCUT2D eigenvalue weighted by molar-refractivity contribution is -0.141. The van der Waals surface area contributed by atoms with Crippen LogP contribution < -0.4 is 0 Å². The van der Waals surface area contributed by atoms with E-state index in [1.54, 1.807) is 12.1 Å². The monoisotopic (exact) mass is 363 g/mol. The highest BCUT2D eigenvalue weighted by atomic mass is 35.5. The van der Waals surface area contributed by atoms with Crippen molar-refractivity contribution >= 4 is 29.6 Å². The maximum absolute atomic E-state index is 12.6. The third-order valence-electron chi connectivity index (χ3n) is 4.41. The molecule has 0 spiro atoms. The molecular weight excluding hydrogens is 338 g/mol. The van der Waals surface area contributed by atoms with Crippen LogP contribution in [0.5, 0.6) is 0 Å². The summed E-state index contributed by atoms with van der Waals surface area (Å²) < 4.78 is 5.25. The second-order valence-electron chi connectivity index (χ2n) is 6.57. The Hall–Kier alpha value is -1.81. The second-order valence-corrected chi connectivity index (χ2v) is 6.97. The minimum absolute atomic E-state index is 0.0290. The van der Waals surface area contributed by atoms with Crippen molar-refractivity contribution in [2.45, 2.75) is 39.5 Å². The molecule has 0 atom stereocenters. The molecule has 1 aliphatic rings. The minimum atomic E-state index is -0.444. The Labute approximate surface area is 154 Å². The summed E-state index contributed by atoms with van der Waals surface area (Å²) in [5.74, 6) is 0.177. The highest BCUT2D eigenvalue weighted by molar-refractivity contribution is 6.32. The van der Waals surface area contributed by atoms with E-state index in [1.807, 2.05) is 30.0 Å². The van der Waals surface area contributed by atoms with Gasteiger partial charge in [0.25, 0.3) is 0 Å². The lowest BCUT2D eigenvalue weighted by Crippen LogP contribution is -2.38. The summed E-state index contributed by atoms with van der Waals surface area (Å²) in [4.78, 5) is 26.8. The van der Waals surface area contributed by atoms with Crippen LogP contribution in [0.2, 0.25) is 5.02 Å². The van der Waals surface area contributed by atoms with E-state index in [-0.39, 0.29) is 12.3 Å². The number of esters is 1. The molecule has 25 heavy (non-hydrogen) atoms. The van der Waals surface area contributed by atoms with Crippen LogP contribution in [0.15, 0.2) is 29.8 Å². The van der Waals surface area contributed by atoms with Crippen LogP contribution >= 0.6 is 11.6 Å². The highest BCUT2D eigenvalue weighted by Gasteiger charge is 2.23. The maximum Gasteiger partial charge on any atom is 0.334 e. The molecule has 0 unspecified atom stereocenters. The van der Waals surface area contributed by atoms with E-state index in [0.717, 1.165) is 32.4 Å². The predicted molar refractivity (Wildman–Crippen MR) is 100 cm³/mol. The second kappa shape index (κ2) is 9.62. The number of amides is 1. The van der Waals surface area contributed by atoms with Gasteiger partial charge in [-0.25, -0.2) is 4.79 Å². The first-order chi connectivity index (χ1) is 12.0. The molecule has 1 amide bonds. The van der Waals surface area contributed by atoms with Gasteiger partial charge in [-0.3, -0.25) is 4.79 Å². The van der Waals surface area contributed by atoms with E-state index >= 15 is 0 Å². The molecule has 136 valence electrons. The van der Waals surface area contributed by atoms with Crippen LogP contribution in [0, 0.1) is 5.92 Å². The Morgan fingerprint density at radius 3 is 2.60 bits per heavy atom. The third kappa shape index (κ3) is 5.89. The fourth-order valence-electron chi connectivity index (χ4n) is 2.78. The van der Waals surface area contributed by atoms with E-state index in [2.05, 4.69) is 6.92 Å². The summed E-state index contributed by atoms with van der Waals surface area (Å²) in [6.07, 6.45) is 4.47. The molecule has 4 nitrogen and oxygen atoms in total. The maximum atomic E-state index is 12.6. The van der Waals surface area contributed by atoms with Gasteiger partial charge in [0.15, 0.2) is 0 Å². The van der Waals surface area contributed by atoms with Crippen LogP contribution in [0.4, 0.5) is 0 Å². The zero-order valence-corrected chi connectivity index (χ0v) is 15.7. The van der Waals surface area contributed by atoms with Gasteiger partial charge in [0.1, 0.15) is 0 Å². The van der Waals surface area contributed by atoms with Crippen molar-refractivity contribution in [3.63, 3.8) is 0 Å². The Kier molecular flexibility index (Phi) is 7.51. The summed E-state index contributed by atoms with van der Waals surface area (Å²) in [6.45, 7) is 5.98. The number of rotatable bonds is 6. The lowest BCUT2D eigenvalue weighted by atomic mass is 9.98. The number of hydrogen-bond acceptors (Lipinski definition) is 3. The quantitative estimate of drug-likeness (QED) is 0.558. The van der Waals surface area contributed by atoms with Crippen LogP contribution in [-0.4, -0.2) is 36.5 Å². The molecule has 1 aliphatic heterocycles. The Balaban J connectivity index is 2.15. The molecule has 1 aromatic rings. The normalized spacial score (nSPS) is 16.0. The molecule has 0 N–H and O–H groups in total. The number of ether oxygens (including phenoxy) is 1. The van der Waals surface area contributed by atoms with Crippen molar-refractivity contribution in [2.24, 2.45) is 5.92 Å². The van der Waals surface area contributed by atoms with Crippen molar-refractivity contribution in [2.75, 3.05) is 19.7 Å². The minimum Gasteiger partial charge on any atom is -0.462 e. The third-order valence-corrected chi connectivity index (χ3v) is 4.76. The van der Waals surface area contributed by atoms with Gasteiger partial charge < -0.3 is 9.64 Å². The van der Waals surface area contributed by atoms with Crippen molar-refractivity contribution < 1.29 is 14.3 Å². The van der Waals surface area contributed by atoms with E-state index in [9.17, 15) is 9.59 Å². The molecule has 0 radical (unpaired) electrons. The van der Waals surface area contributed by atoms with Crippen LogP contribution in [0.25, 0.3) is 6.08 Å². The molecule has 1 saturated heterocycles. The SMILES string of the molecule is CCCOC(=O)/C(=C/c1ccccc1Cl)CC(=O)N1CCC(C)CC1. The Bertz CT molecular complexity index is 634. The highest BCUT2D eigenvalue weighted by Crippen LogP contribution is 2.22. The number of carbonyl (C=O) groups excluding carboxylic acids is 2. The Morgan fingerprint density at radius 1 is 1.28 bits per heavy atom.